The van der Waals surface area contributed by atoms with Crippen molar-refractivity contribution in [2.24, 2.45) is 0 Å². The molecular formula is C66H73FN12O7. The number of benzene rings is 4. The van der Waals surface area contributed by atoms with Gasteiger partial charge in [-0.3, -0.25) is 48.7 Å². The fourth-order valence-corrected chi connectivity index (χ4v) is 14.2. The molecule has 7 amide bonds. The third-order valence-corrected chi connectivity index (χ3v) is 19.1. The molecular weight excluding hydrogens is 1090 g/mol. The van der Waals surface area contributed by atoms with Crippen molar-refractivity contribution in [3.8, 4) is 11.3 Å². The van der Waals surface area contributed by atoms with Crippen LogP contribution in [0.15, 0.2) is 85.2 Å². The Kier molecular flexibility index (Phi) is 14.8. The number of fused-ring (bicyclic) bond motifs is 4. The van der Waals surface area contributed by atoms with Crippen molar-refractivity contribution >= 4 is 75.3 Å². The number of anilines is 4. The number of pyridine rings is 1. The number of halogens is 1. The standard InChI is InChI=1S/C66H73FN12O7/c1-38(2)69-60(81)48-34-53(51(67)29-40(48)5)71-59-58-54(68-37-77(58)39(3)4)35-52(70-59)43-13-16-50-56(30-43)78(46-31-45(32-46)74-21-7-6-8-22-74)65(86)66(50)19-23-73(24-20-66)36-41-9-11-42(12-10-41)62(83)76-27-25-75(26-28-76)44-14-15-47-49(33-44)64(85)79(63(47)84)55-17-18-57(80)72-61(55)82/h9-16,29-30,33-35,37-39,45-46,55H,6-8,17-28,31-32,36H2,1-5H3,(H,69,81)(H,70,71)(H,72,80,82). The smallest absolute Gasteiger partial charge is 0.262 e. The van der Waals surface area contributed by atoms with Crippen molar-refractivity contribution in [1.29, 1.82) is 0 Å². The van der Waals surface area contributed by atoms with E-state index in [1.807, 2.05) is 53.6 Å². The molecule has 1 spiro atoms. The number of piperidine rings is 3. The van der Waals surface area contributed by atoms with Crippen LogP contribution in [0.2, 0.25) is 0 Å². The zero-order valence-electron chi connectivity index (χ0n) is 49.5. The van der Waals surface area contributed by atoms with Crippen molar-refractivity contribution in [3.63, 3.8) is 0 Å². The van der Waals surface area contributed by atoms with E-state index in [0.717, 1.165) is 58.9 Å². The van der Waals surface area contributed by atoms with Crippen molar-refractivity contribution in [3.05, 3.63) is 130 Å². The molecule has 7 aliphatic rings. The molecule has 4 aromatic carbocycles. The molecule has 3 N–H and O–H groups in total. The number of amides is 7. The van der Waals surface area contributed by atoms with Crippen LogP contribution in [-0.2, 0) is 26.3 Å². The van der Waals surface area contributed by atoms with E-state index in [2.05, 4.69) is 67.6 Å². The van der Waals surface area contributed by atoms with E-state index in [1.54, 1.807) is 37.5 Å². The summed E-state index contributed by atoms with van der Waals surface area (Å²) in [6.07, 6.45) is 8.75. The summed E-state index contributed by atoms with van der Waals surface area (Å²) in [7, 11) is 0. The summed E-state index contributed by atoms with van der Waals surface area (Å²) in [5.41, 5.74) is 7.95. The molecule has 1 aliphatic carbocycles. The van der Waals surface area contributed by atoms with E-state index < -0.39 is 40.9 Å². The average Bonchev–Trinajstić information content (AvgIpc) is 1.73. The van der Waals surface area contributed by atoms with Crippen LogP contribution in [0.4, 0.5) is 27.3 Å². The quantitative estimate of drug-likeness (QED) is 0.0933. The Balaban J connectivity index is 0.698. The maximum Gasteiger partial charge on any atom is 0.262 e. The van der Waals surface area contributed by atoms with Gasteiger partial charge < -0.3 is 34.8 Å². The molecule has 1 atom stereocenters. The fourth-order valence-electron chi connectivity index (χ4n) is 14.2. The number of rotatable bonds is 13. The highest BCUT2D eigenvalue weighted by Gasteiger charge is 2.56. The van der Waals surface area contributed by atoms with Crippen LogP contribution in [-0.4, -0.2) is 152 Å². The van der Waals surface area contributed by atoms with Crippen LogP contribution in [0.25, 0.3) is 22.3 Å². The van der Waals surface area contributed by atoms with Crippen molar-refractivity contribution in [2.45, 2.75) is 135 Å². The lowest BCUT2D eigenvalue weighted by atomic mass is 9.73. The predicted molar refractivity (Wildman–Crippen MR) is 324 cm³/mol. The number of carbonyl (C=O) groups is 7. The first-order valence-corrected chi connectivity index (χ1v) is 30.6. The van der Waals surface area contributed by atoms with E-state index in [9.17, 15) is 28.8 Å². The number of hydrogen-bond donors (Lipinski definition) is 3. The number of likely N-dealkylation sites (tertiary alicyclic amines) is 2. The minimum atomic E-state index is -1.04. The van der Waals surface area contributed by atoms with E-state index in [-0.39, 0.29) is 65.5 Å². The second kappa shape index (κ2) is 22.5. The van der Waals surface area contributed by atoms with Crippen molar-refractivity contribution < 1.29 is 38.0 Å². The molecule has 0 bridgehead atoms. The number of nitrogens with one attached hydrogen (secondary N) is 3. The van der Waals surface area contributed by atoms with Crippen molar-refractivity contribution in [1.82, 2.24) is 44.8 Å². The highest BCUT2D eigenvalue weighted by atomic mass is 19.1. The molecule has 5 fully saturated rings. The third kappa shape index (κ3) is 10.2. The summed E-state index contributed by atoms with van der Waals surface area (Å²) in [6, 6.07) is 23.5. The van der Waals surface area contributed by atoms with Gasteiger partial charge in [-0.1, -0.05) is 30.7 Å². The minimum Gasteiger partial charge on any atom is -0.368 e. The van der Waals surface area contributed by atoms with Gasteiger partial charge in [0, 0.05) is 91.4 Å². The van der Waals surface area contributed by atoms with Gasteiger partial charge in [0.2, 0.25) is 17.7 Å². The van der Waals surface area contributed by atoms with E-state index in [4.69, 9.17) is 9.97 Å². The van der Waals surface area contributed by atoms with Gasteiger partial charge in [0.1, 0.15) is 17.4 Å². The van der Waals surface area contributed by atoms with Gasteiger partial charge >= 0.3 is 0 Å². The lowest BCUT2D eigenvalue weighted by molar-refractivity contribution is -0.136. The highest BCUT2D eigenvalue weighted by Crippen LogP contribution is 2.52. The van der Waals surface area contributed by atoms with Gasteiger partial charge in [-0.25, -0.2) is 14.4 Å². The van der Waals surface area contributed by atoms with Crippen LogP contribution in [0.1, 0.15) is 150 Å². The van der Waals surface area contributed by atoms with Crippen LogP contribution < -0.4 is 25.8 Å². The number of imide groups is 2. The highest BCUT2D eigenvalue weighted by molar-refractivity contribution is 6.24. The third-order valence-electron chi connectivity index (χ3n) is 19.1. The molecule has 19 nitrogen and oxygen atoms in total. The van der Waals surface area contributed by atoms with E-state index >= 15 is 9.18 Å². The molecule has 6 aliphatic heterocycles. The van der Waals surface area contributed by atoms with Crippen LogP contribution in [0, 0.1) is 12.7 Å². The number of hydrogen-bond acceptors (Lipinski definition) is 13. The first-order chi connectivity index (χ1) is 41.4. The van der Waals surface area contributed by atoms with Gasteiger partial charge in [0.15, 0.2) is 5.82 Å². The zero-order valence-corrected chi connectivity index (χ0v) is 49.5. The largest absolute Gasteiger partial charge is 0.368 e. The maximum atomic E-state index is 16.0. The summed E-state index contributed by atoms with van der Waals surface area (Å²) in [5.74, 6) is -2.48. The Morgan fingerprint density at radius 2 is 1.51 bits per heavy atom. The Hall–Kier alpha value is -8.36. The molecule has 20 heteroatoms. The first-order valence-electron chi connectivity index (χ1n) is 30.6. The molecule has 2 aromatic heterocycles. The summed E-state index contributed by atoms with van der Waals surface area (Å²) >= 11 is 0. The summed E-state index contributed by atoms with van der Waals surface area (Å²) in [4.78, 5) is 116. The lowest BCUT2D eigenvalue weighted by Gasteiger charge is -2.48. The summed E-state index contributed by atoms with van der Waals surface area (Å²) in [5, 5.41) is 8.45. The molecule has 1 unspecified atom stereocenters. The van der Waals surface area contributed by atoms with Crippen LogP contribution >= 0.6 is 0 Å². The molecule has 13 rings (SSSR count). The minimum absolute atomic E-state index is 0.0161. The molecule has 1 saturated carbocycles. The number of nitrogens with zero attached hydrogens (tertiary/aromatic N) is 9. The molecule has 4 saturated heterocycles. The Labute approximate surface area is 499 Å². The maximum absolute atomic E-state index is 16.0. The van der Waals surface area contributed by atoms with E-state index in [1.165, 1.54) is 25.3 Å². The number of aryl methyl sites for hydroxylation is 1. The Morgan fingerprint density at radius 3 is 2.22 bits per heavy atom. The Morgan fingerprint density at radius 1 is 0.779 bits per heavy atom. The molecule has 0 radical (unpaired) electrons. The first kappa shape index (κ1) is 56.8. The fraction of sp³-hybridized carbons (Fsp3) is 0.439. The van der Waals surface area contributed by atoms with Gasteiger partial charge in [-0.05, 0) is 177 Å². The number of piperazine rings is 1. The van der Waals surface area contributed by atoms with Crippen LogP contribution in [0.3, 0.4) is 0 Å². The molecule has 86 heavy (non-hydrogen) atoms. The SMILES string of the molecule is Cc1cc(F)c(Nc2nc(-c3ccc4c(c3)N(C3CC(N5CCCCC5)C3)C(=O)C43CCN(Cc4ccc(C(=O)N5CCN(c6ccc7c(c6)C(=O)N(C6CCC(=O)NC6=O)C7=O)CC5)cc4)CC3)cc3ncn(C(C)C)c23)cc1C(=O)NC(C)C. The summed E-state index contributed by atoms with van der Waals surface area (Å²) < 4.78 is 18.0. The van der Waals surface area contributed by atoms with Gasteiger partial charge in [-0.2, -0.15) is 0 Å². The molecule has 446 valence electrons. The molecule has 6 aromatic rings. The van der Waals surface area contributed by atoms with Crippen LogP contribution in [0.5, 0.6) is 0 Å². The monoisotopic (exact) mass is 1160 g/mol. The average molecular weight is 1170 g/mol. The van der Waals surface area contributed by atoms with Gasteiger partial charge in [0.25, 0.3) is 23.6 Å². The number of carbonyl (C=O) groups excluding carboxylic acids is 7. The zero-order chi connectivity index (χ0) is 59.9. The van der Waals surface area contributed by atoms with Gasteiger partial charge in [0.05, 0.1) is 39.8 Å². The topological polar surface area (TPSA) is 206 Å². The van der Waals surface area contributed by atoms with Crippen molar-refractivity contribution in [2.75, 3.05) is 67.5 Å². The summed E-state index contributed by atoms with van der Waals surface area (Å²) in [6.45, 7) is 15.8. The molecule has 8 heterocycles. The van der Waals surface area contributed by atoms with E-state index in [0.29, 0.717) is 104 Å². The number of imidazole rings is 1. The lowest BCUT2D eigenvalue weighted by Crippen LogP contribution is -2.58. The normalized spacial score (nSPS) is 21.6. The second-order valence-corrected chi connectivity index (χ2v) is 25.2. The van der Waals surface area contributed by atoms with Gasteiger partial charge in [-0.15, -0.1) is 0 Å². The predicted octanol–water partition coefficient (Wildman–Crippen LogP) is 8.27. The number of aromatic nitrogens is 3. The Bertz CT molecular complexity index is 3760. The second-order valence-electron chi connectivity index (χ2n) is 25.2.